The molecule has 0 amide bonds. The summed E-state index contributed by atoms with van der Waals surface area (Å²) >= 11 is 3.52. The van der Waals surface area contributed by atoms with Gasteiger partial charge in [0.2, 0.25) is 0 Å². The lowest BCUT2D eigenvalue weighted by molar-refractivity contribution is 0.471. The van der Waals surface area contributed by atoms with Crippen molar-refractivity contribution in [1.82, 2.24) is 15.2 Å². The highest BCUT2D eigenvalue weighted by atomic mass is 79.9. The zero-order valence-corrected chi connectivity index (χ0v) is 12.2. The summed E-state index contributed by atoms with van der Waals surface area (Å²) < 4.78 is 8.22. The van der Waals surface area contributed by atoms with Gasteiger partial charge < -0.3 is 4.42 Å². The molecule has 1 unspecified atom stereocenters. The largest absolute Gasteiger partial charge is 0.469 e. The van der Waals surface area contributed by atoms with Crippen molar-refractivity contribution in [2.24, 2.45) is 5.84 Å². The molecule has 18 heavy (non-hydrogen) atoms. The molecule has 98 valence electrons. The van der Waals surface area contributed by atoms with Gasteiger partial charge in [-0.1, -0.05) is 0 Å². The number of nitrogens with two attached hydrogens (primary N) is 1. The van der Waals surface area contributed by atoms with Crippen LogP contribution in [0.25, 0.3) is 0 Å². The van der Waals surface area contributed by atoms with Crippen LogP contribution in [0.3, 0.4) is 0 Å². The molecule has 2 aromatic heterocycles. The van der Waals surface area contributed by atoms with E-state index < -0.39 is 0 Å². The van der Waals surface area contributed by atoms with Gasteiger partial charge in [-0.3, -0.25) is 10.5 Å². The first-order valence-electron chi connectivity index (χ1n) is 5.78. The predicted octanol–water partition coefficient (Wildman–Crippen LogP) is 2.68. The van der Waals surface area contributed by atoms with Crippen LogP contribution in [0.5, 0.6) is 0 Å². The molecule has 0 aliphatic rings. The van der Waals surface area contributed by atoms with Crippen LogP contribution in [0.15, 0.2) is 27.4 Å². The lowest BCUT2D eigenvalue weighted by Gasteiger charge is -2.19. The Morgan fingerprint density at radius 3 is 2.72 bits per heavy atom. The molecular formula is C12H17BrN4O. The van der Waals surface area contributed by atoms with Gasteiger partial charge in [0.25, 0.3) is 0 Å². The van der Waals surface area contributed by atoms with Crippen molar-refractivity contribution in [3.05, 3.63) is 40.0 Å². The number of furan rings is 1. The van der Waals surface area contributed by atoms with Crippen molar-refractivity contribution in [2.75, 3.05) is 0 Å². The first-order chi connectivity index (χ1) is 8.54. The quantitative estimate of drug-likeness (QED) is 0.672. The average molecular weight is 313 g/mol. The topological polar surface area (TPSA) is 69.0 Å². The highest BCUT2D eigenvalue weighted by Gasteiger charge is 2.23. The van der Waals surface area contributed by atoms with E-state index in [0.29, 0.717) is 0 Å². The molecule has 0 fully saturated rings. The molecule has 1 atom stereocenters. The molecule has 3 N–H and O–H groups in total. The molecule has 0 aliphatic heterocycles. The fraction of sp³-hybridized carbons (Fsp3) is 0.417. The van der Waals surface area contributed by atoms with Crippen molar-refractivity contribution in [3.8, 4) is 0 Å². The fourth-order valence-electron chi connectivity index (χ4n) is 1.98. The summed E-state index contributed by atoms with van der Waals surface area (Å²) in [5.41, 5.74) is 4.80. The fourth-order valence-corrected chi connectivity index (χ4v) is 2.48. The Hall–Kier alpha value is -1.11. The molecule has 0 saturated heterocycles. The zero-order chi connectivity index (χ0) is 13.3. The third kappa shape index (κ3) is 2.36. The smallest absolute Gasteiger partial charge is 0.101 e. The van der Waals surface area contributed by atoms with Gasteiger partial charge in [-0.2, -0.15) is 5.10 Å². The second-order valence-electron chi connectivity index (χ2n) is 4.51. The number of hydrogen-bond acceptors (Lipinski definition) is 4. The van der Waals surface area contributed by atoms with Crippen molar-refractivity contribution >= 4 is 15.9 Å². The van der Waals surface area contributed by atoms with E-state index in [0.717, 1.165) is 21.5 Å². The van der Waals surface area contributed by atoms with E-state index in [1.807, 2.05) is 17.7 Å². The summed E-state index contributed by atoms with van der Waals surface area (Å²) in [6.07, 6.45) is 3.50. The third-order valence-electron chi connectivity index (χ3n) is 2.80. The number of hydrogen-bond donors (Lipinski definition) is 2. The van der Waals surface area contributed by atoms with Gasteiger partial charge in [-0.15, -0.1) is 0 Å². The van der Waals surface area contributed by atoms with Crippen LogP contribution in [0.2, 0.25) is 0 Å². The van der Waals surface area contributed by atoms with E-state index >= 15 is 0 Å². The van der Waals surface area contributed by atoms with Gasteiger partial charge in [0.15, 0.2) is 0 Å². The number of rotatable bonds is 4. The summed E-state index contributed by atoms with van der Waals surface area (Å²) in [7, 11) is 0. The Morgan fingerprint density at radius 1 is 1.50 bits per heavy atom. The molecule has 0 aliphatic carbocycles. The van der Waals surface area contributed by atoms with Crippen molar-refractivity contribution in [1.29, 1.82) is 0 Å². The number of hydrazine groups is 1. The van der Waals surface area contributed by atoms with Crippen LogP contribution in [-0.2, 0) is 0 Å². The summed E-state index contributed by atoms with van der Waals surface area (Å²) in [6.45, 7) is 6.07. The van der Waals surface area contributed by atoms with E-state index in [1.54, 1.807) is 12.5 Å². The molecule has 0 saturated carbocycles. The van der Waals surface area contributed by atoms with E-state index in [4.69, 9.17) is 10.3 Å². The molecule has 2 heterocycles. The second kappa shape index (κ2) is 5.26. The van der Waals surface area contributed by atoms with Crippen LogP contribution < -0.4 is 11.3 Å². The van der Waals surface area contributed by atoms with Gasteiger partial charge in [0, 0.05) is 11.6 Å². The molecule has 0 bridgehead atoms. The molecule has 2 aromatic rings. The Morgan fingerprint density at radius 2 is 2.22 bits per heavy atom. The van der Waals surface area contributed by atoms with Gasteiger partial charge in [-0.25, -0.2) is 5.43 Å². The SMILES string of the molecule is Cc1cc(C(NN)c2c(Br)cnn2C(C)C)co1. The van der Waals surface area contributed by atoms with E-state index in [9.17, 15) is 0 Å². The van der Waals surface area contributed by atoms with Crippen molar-refractivity contribution in [3.63, 3.8) is 0 Å². The summed E-state index contributed by atoms with van der Waals surface area (Å²) in [5, 5.41) is 4.36. The Bertz CT molecular complexity index is 532. The summed E-state index contributed by atoms with van der Waals surface area (Å²) in [4.78, 5) is 0. The Kier molecular flexibility index (Phi) is 3.89. The van der Waals surface area contributed by atoms with Gasteiger partial charge in [-0.05, 0) is 42.8 Å². The normalized spacial score (nSPS) is 13.2. The number of nitrogens with zero attached hydrogens (tertiary/aromatic N) is 2. The summed E-state index contributed by atoms with van der Waals surface area (Å²) in [5.74, 6) is 6.55. The number of aryl methyl sites for hydroxylation is 1. The first-order valence-corrected chi connectivity index (χ1v) is 6.58. The zero-order valence-electron chi connectivity index (χ0n) is 10.6. The first kappa shape index (κ1) is 13.3. The lowest BCUT2D eigenvalue weighted by Crippen LogP contribution is -2.31. The molecule has 6 heteroatoms. The Balaban J connectivity index is 2.47. The molecule has 2 rings (SSSR count). The second-order valence-corrected chi connectivity index (χ2v) is 5.36. The van der Waals surface area contributed by atoms with Gasteiger partial charge in [0.05, 0.1) is 28.7 Å². The standard InChI is InChI=1S/C12H17BrN4O/c1-7(2)17-12(10(13)5-15-17)11(16-14)9-4-8(3)18-6-9/h4-7,11,16H,14H2,1-3H3. The summed E-state index contributed by atoms with van der Waals surface area (Å²) in [6, 6.07) is 2.08. The van der Waals surface area contributed by atoms with E-state index in [2.05, 4.69) is 40.3 Å². The van der Waals surface area contributed by atoms with Crippen molar-refractivity contribution in [2.45, 2.75) is 32.9 Å². The lowest BCUT2D eigenvalue weighted by atomic mass is 10.1. The van der Waals surface area contributed by atoms with Crippen LogP contribution in [0.4, 0.5) is 0 Å². The maximum absolute atomic E-state index is 5.69. The monoisotopic (exact) mass is 312 g/mol. The average Bonchev–Trinajstić information content (AvgIpc) is 2.88. The van der Waals surface area contributed by atoms with Crippen LogP contribution >= 0.6 is 15.9 Å². The highest BCUT2D eigenvalue weighted by Crippen LogP contribution is 2.30. The molecule has 0 radical (unpaired) electrons. The van der Waals surface area contributed by atoms with E-state index in [1.165, 1.54) is 0 Å². The minimum atomic E-state index is -0.151. The Labute approximate surface area is 114 Å². The minimum absolute atomic E-state index is 0.151. The van der Waals surface area contributed by atoms with E-state index in [-0.39, 0.29) is 12.1 Å². The molecule has 5 nitrogen and oxygen atoms in total. The van der Waals surface area contributed by atoms with Crippen LogP contribution in [0.1, 0.15) is 42.9 Å². The van der Waals surface area contributed by atoms with Gasteiger partial charge >= 0.3 is 0 Å². The van der Waals surface area contributed by atoms with Crippen LogP contribution in [-0.4, -0.2) is 9.78 Å². The number of aromatic nitrogens is 2. The van der Waals surface area contributed by atoms with Crippen LogP contribution in [0, 0.1) is 6.92 Å². The third-order valence-corrected chi connectivity index (χ3v) is 3.41. The maximum Gasteiger partial charge on any atom is 0.101 e. The molecule has 0 spiro atoms. The number of halogens is 1. The predicted molar refractivity (Wildman–Crippen MR) is 72.9 cm³/mol. The molecular weight excluding hydrogens is 296 g/mol. The molecule has 0 aromatic carbocycles. The van der Waals surface area contributed by atoms with Crippen molar-refractivity contribution < 1.29 is 4.42 Å². The maximum atomic E-state index is 5.69. The number of nitrogens with one attached hydrogen (secondary N) is 1. The van der Waals surface area contributed by atoms with Gasteiger partial charge in [0.1, 0.15) is 5.76 Å². The minimum Gasteiger partial charge on any atom is -0.469 e. The highest BCUT2D eigenvalue weighted by molar-refractivity contribution is 9.10.